The Labute approximate surface area is 104 Å². The Hall–Kier alpha value is -1.03. The van der Waals surface area contributed by atoms with Gasteiger partial charge in [0, 0.05) is 5.33 Å². The number of halogens is 1. The minimum atomic E-state index is -0.322. The second-order valence-electron chi connectivity index (χ2n) is 3.18. The van der Waals surface area contributed by atoms with Gasteiger partial charge in [0.15, 0.2) is 0 Å². The van der Waals surface area contributed by atoms with Gasteiger partial charge in [-0.05, 0) is 31.0 Å². The molecule has 0 aromatic heterocycles. The Bertz CT molecular complexity index is 363. The van der Waals surface area contributed by atoms with Crippen LogP contribution in [0, 0.1) is 0 Å². The molecule has 0 radical (unpaired) electrons. The van der Waals surface area contributed by atoms with E-state index in [1.807, 2.05) is 19.1 Å². The molecule has 0 aliphatic heterocycles. The van der Waals surface area contributed by atoms with Crippen LogP contribution in [0.3, 0.4) is 0 Å². The van der Waals surface area contributed by atoms with Crippen molar-refractivity contribution in [1.29, 1.82) is 0 Å². The Morgan fingerprint density at radius 1 is 1.44 bits per heavy atom. The molecule has 3 nitrogen and oxygen atoms in total. The van der Waals surface area contributed by atoms with Crippen LogP contribution in [0.2, 0.25) is 0 Å². The van der Waals surface area contributed by atoms with Gasteiger partial charge in [-0.2, -0.15) is 0 Å². The molecule has 0 spiro atoms. The lowest BCUT2D eigenvalue weighted by Gasteiger charge is -2.09. The van der Waals surface area contributed by atoms with Gasteiger partial charge in [0.2, 0.25) is 0 Å². The highest BCUT2D eigenvalue weighted by Crippen LogP contribution is 2.20. The molecule has 16 heavy (non-hydrogen) atoms. The summed E-state index contributed by atoms with van der Waals surface area (Å²) in [6, 6.07) is 5.50. The van der Waals surface area contributed by atoms with E-state index in [9.17, 15) is 4.79 Å². The van der Waals surface area contributed by atoms with Gasteiger partial charge < -0.3 is 9.47 Å². The van der Waals surface area contributed by atoms with Crippen LogP contribution in [-0.2, 0) is 11.2 Å². The third-order valence-electron chi connectivity index (χ3n) is 2.16. The molecular weight excluding hydrogens is 272 g/mol. The summed E-state index contributed by atoms with van der Waals surface area (Å²) in [6.07, 6.45) is 0.789. The molecule has 1 rings (SSSR count). The second kappa shape index (κ2) is 6.53. The maximum atomic E-state index is 11.6. The Morgan fingerprint density at radius 3 is 2.75 bits per heavy atom. The van der Waals surface area contributed by atoms with Crippen molar-refractivity contribution in [2.24, 2.45) is 0 Å². The lowest BCUT2D eigenvalue weighted by molar-refractivity contribution is 0.0599. The summed E-state index contributed by atoms with van der Waals surface area (Å²) in [5, 5.41) is 0.810. The molecule has 0 aliphatic carbocycles. The van der Waals surface area contributed by atoms with Crippen molar-refractivity contribution in [3.05, 3.63) is 29.3 Å². The highest BCUT2D eigenvalue weighted by Gasteiger charge is 2.12. The summed E-state index contributed by atoms with van der Waals surface area (Å²) in [7, 11) is 1.38. The van der Waals surface area contributed by atoms with E-state index in [-0.39, 0.29) is 5.97 Å². The summed E-state index contributed by atoms with van der Waals surface area (Å²) in [5.74, 6) is 0.374. The van der Waals surface area contributed by atoms with E-state index in [2.05, 4.69) is 15.9 Å². The van der Waals surface area contributed by atoms with E-state index in [1.54, 1.807) is 6.07 Å². The van der Waals surface area contributed by atoms with Crippen molar-refractivity contribution in [3.8, 4) is 5.75 Å². The number of methoxy groups -OCH3 is 1. The van der Waals surface area contributed by atoms with Crippen molar-refractivity contribution in [3.63, 3.8) is 0 Å². The summed E-state index contributed by atoms with van der Waals surface area (Å²) >= 11 is 3.36. The van der Waals surface area contributed by atoms with Crippen LogP contribution in [0.25, 0.3) is 0 Å². The highest BCUT2D eigenvalue weighted by atomic mass is 79.9. The average Bonchev–Trinajstić information content (AvgIpc) is 2.31. The van der Waals surface area contributed by atoms with Gasteiger partial charge in [-0.15, -0.1) is 0 Å². The van der Waals surface area contributed by atoms with Gasteiger partial charge in [-0.3, -0.25) is 0 Å². The third-order valence-corrected chi connectivity index (χ3v) is 2.56. The third kappa shape index (κ3) is 3.23. The first-order chi connectivity index (χ1) is 7.72. The number of esters is 1. The maximum absolute atomic E-state index is 11.6. The zero-order chi connectivity index (χ0) is 12.0. The Kier molecular flexibility index (Phi) is 5.32. The van der Waals surface area contributed by atoms with Gasteiger partial charge in [0.1, 0.15) is 5.75 Å². The zero-order valence-corrected chi connectivity index (χ0v) is 11.0. The number of carbonyl (C=O) groups is 1. The number of aryl methyl sites for hydroxylation is 1. The van der Waals surface area contributed by atoms with E-state index in [1.165, 1.54) is 7.11 Å². The molecule has 0 atom stereocenters. The van der Waals surface area contributed by atoms with Crippen LogP contribution >= 0.6 is 15.9 Å². The van der Waals surface area contributed by atoms with E-state index in [0.29, 0.717) is 17.9 Å². The monoisotopic (exact) mass is 286 g/mol. The van der Waals surface area contributed by atoms with E-state index < -0.39 is 0 Å². The van der Waals surface area contributed by atoms with Crippen molar-refractivity contribution in [1.82, 2.24) is 0 Å². The predicted molar refractivity (Wildman–Crippen MR) is 66.4 cm³/mol. The molecule has 1 aromatic carbocycles. The molecule has 0 N–H and O–H groups in total. The summed E-state index contributed by atoms with van der Waals surface area (Å²) < 4.78 is 10.1. The number of hydrogen-bond acceptors (Lipinski definition) is 3. The van der Waals surface area contributed by atoms with Gasteiger partial charge in [0.05, 0.1) is 19.3 Å². The van der Waals surface area contributed by atoms with E-state index in [4.69, 9.17) is 9.47 Å². The Balaban J connectivity index is 3.05. The molecule has 4 heteroatoms. The molecule has 0 fully saturated rings. The quantitative estimate of drug-likeness (QED) is 0.617. The van der Waals surface area contributed by atoms with Crippen molar-refractivity contribution in [2.45, 2.75) is 13.3 Å². The van der Waals surface area contributed by atoms with Crippen LogP contribution < -0.4 is 4.74 Å². The fourth-order valence-electron chi connectivity index (χ4n) is 1.43. The molecule has 0 aliphatic rings. The SMILES string of the molecule is CCOc1ccc(CCBr)c(C(=O)OC)c1. The van der Waals surface area contributed by atoms with Crippen molar-refractivity contribution in [2.75, 3.05) is 19.0 Å². The number of alkyl halides is 1. The number of ether oxygens (including phenoxy) is 2. The van der Waals surface area contributed by atoms with Crippen LogP contribution in [-0.4, -0.2) is 25.0 Å². The maximum Gasteiger partial charge on any atom is 0.338 e. The molecule has 0 saturated heterocycles. The summed E-state index contributed by atoms with van der Waals surface area (Å²) in [4.78, 5) is 11.6. The first-order valence-corrected chi connectivity index (χ1v) is 6.25. The topological polar surface area (TPSA) is 35.5 Å². The first kappa shape index (κ1) is 13.0. The van der Waals surface area contributed by atoms with Gasteiger partial charge in [0.25, 0.3) is 0 Å². The molecule has 0 amide bonds. The molecule has 88 valence electrons. The van der Waals surface area contributed by atoms with E-state index in [0.717, 1.165) is 17.3 Å². The fourth-order valence-corrected chi connectivity index (χ4v) is 1.86. The van der Waals surface area contributed by atoms with Crippen molar-refractivity contribution >= 4 is 21.9 Å². The van der Waals surface area contributed by atoms with Gasteiger partial charge >= 0.3 is 5.97 Å². The van der Waals surface area contributed by atoms with Crippen molar-refractivity contribution < 1.29 is 14.3 Å². The fraction of sp³-hybridized carbons (Fsp3) is 0.417. The molecule has 0 bridgehead atoms. The van der Waals surface area contributed by atoms with Gasteiger partial charge in [-0.25, -0.2) is 4.79 Å². The highest BCUT2D eigenvalue weighted by molar-refractivity contribution is 9.09. The molecule has 0 unspecified atom stereocenters. The normalized spacial score (nSPS) is 9.94. The number of hydrogen-bond donors (Lipinski definition) is 0. The second-order valence-corrected chi connectivity index (χ2v) is 3.98. The number of carbonyl (C=O) groups excluding carboxylic acids is 1. The average molecular weight is 287 g/mol. The smallest absolute Gasteiger partial charge is 0.338 e. The van der Waals surface area contributed by atoms with Crippen LogP contribution in [0.1, 0.15) is 22.8 Å². The summed E-state index contributed by atoms with van der Waals surface area (Å²) in [6.45, 7) is 2.49. The predicted octanol–water partition coefficient (Wildman–Crippen LogP) is 2.81. The zero-order valence-electron chi connectivity index (χ0n) is 9.46. The van der Waals surface area contributed by atoms with Crippen LogP contribution in [0.15, 0.2) is 18.2 Å². The summed E-state index contributed by atoms with van der Waals surface area (Å²) in [5.41, 5.74) is 1.54. The molecule has 1 aromatic rings. The number of benzene rings is 1. The van der Waals surface area contributed by atoms with Gasteiger partial charge in [-0.1, -0.05) is 22.0 Å². The Morgan fingerprint density at radius 2 is 2.19 bits per heavy atom. The largest absolute Gasteiger partial charge is 0.494 e. The van der Waals surface area contributed by atoms with Crippen LogP contribution in [0.4, 0.5) is 0 Å². The lowest BCUT2D eigenvalue weighted by atomic mass is 10.1. The van der Waals surface area contributed by atoms with E-state index >= 15 is 0 Å². The molecule has 0 heterocycles. The van der Waals surface area contributed by atoms with Crippen LogP contribution in [0.5, 0.6) is 5.75 Å². The number of rotatable bonds is 5. The minimum absolute atomic E-state index is 0.322. The standard InChI is InChI=1S/C12H15BrO3/c1-3-16-10-5-4-9(6-7-13)11(8-10)12(14)15-2/h4-5,8H,3,6-7H2,1-2H3. The lowest BCUT2D eigenvalue weighted by Crippen LogP contribution is -2.07. The molecular formula is C12H15BrO3. The molecule has 0 saturated carbocycles. The first-order valence-electron chi connectivity index (χ1n) is 5.13. The minimum Gasteiger partial charge on any atom is -0.494 e.